The minimum Gasteiger partial charge on any atom is -0.486 e. The monoisotopic (exact) mass is 706 g/mol. The average molecular weight is 707 g/mol. The summed E-state index contributed by atoms with van der Waals surface area (Å²) in [5, 5.41) is 6.91. The molecule has 0 aliphatic rings. The highest BCUT2D eigenvalue weighted by Gasteiger charge is 2.24. The summed E-state index contributed by atoms with van der Waals surface area (Å²) in [6.45, 7) is 6.19. The molecule has 0 aliphatic heterocycles. The van der Waals surface area contributed by atoms with Crippen LogP contribution >= 0.6 is 49.7 Å². The molecule has 0 aliphatic carbocycles. The molecule has 0 aromatic heterocycles. The summed E-state index contributed by atoms with van der Waals surface area (Å²) in [6, 6.07) is 36.3. The lowest BCUT2D eigenvalue weighted by molar-refractivity contribution is 0.139. The van der Waals surface area contributed by atoms with Crippen LogP contribution < -0.4 is 20.1 Å². The number of hydrogen-bond acceptors (Lipinski definition) is 8. The first-order chi connectivity index (χ1) is 22.8. The van der Waals surface area contributed by atoms with E-state index in [4.69, 9.17) is 43.4 Å². The summed E-state index contributed by atoms with van der Waals surface area (Å²) in [5.74, 6) is 2.46. The van der Waals surface area contributed by atoms with Gasteiger partial charge in [-0.25, -0.2) is 0 Å². The molecule has 2 N–H and O–H groups in total. The van der Waals surface area contributed by atoms with Gasteiger partial charge in [-0.3, -0.25) is 0 Å². The van der Waals surface area contributed by atoms with Crippen LogP contribution in [0.1, 0.15) is 36.1 Å². The van der Waals surface area contributed by atoms with Crippen molar-refractivity contribution in [3.05, 3.63) is 131 Å². The van der Waals surface area contributed by atoms with Crippen molar-refractivity contribution in [1.82, 2.24) is 10.6 Å². The molecule has 0 amide bonds. The van der Waals surface area contributed by atoms with Crippen LogP contribution in [0.4, 0.5) is 0 Å². The van der Waals surface area contributed by atoms with Gasteiger partial charge in [0.2, 0.25) is 0 Å². The summed E-state index contributed by atoms with van der Waals surface area (Å²) in [5.41, 5.74) is 4.32. The molecule has 0 saturated carbocycles. The van der Waals surface area contributed by atoms with E-state index in [0.717, 1.165) is 33.8 Å². The third kappa shape index (κ3) is 11.9. The van der Waals surface area contributed by atoms with E-state index in [1.807, 2.05) is 84.9 Å². The van der Waals surface area contributed by atoms with Gasteiger partial charge in [0, 0.05) is 30.0 Å². The molecular weight excluding hydrogens is 665 g/mol. The van der Waals surface area contributed by atoms with Crippen molar-refractivity contribution >= 4 is 60.0 Å². The normalized spacial score (nSPS) is 12.3. The summed E-state index contributed by atoms with van der Waals surface area (Å²) in [4.78, 5) is 0. The van der Waals surface area contributed by atoms with Gasteiger partial charge in [0.1, 0.15) is 36.9 Å². The highest BCUT2D eigenvalue weighted by atomic mass is 32.1. The Bertz CT molecular complexity index is 1410. The van der Waals surface area contributed by atoms with E-state index in [1.165, 1.54) is 0 Å². The second-order valence-electron chi connectivity index (χ2n) is 11.4. The topological polar surface area (TPSA) is 61.0 Å². The summed E-state index contributed by atoms with van der Waals surface area (Å²) in [6.07, 6.45) is -0.511. The van der Waals surface area contributed by atoms with E-state index >= 15 is 0 Å². The largest absolute Gasteiger partial charge is 0.486 e. The fraction of sp³-hybridized carbons (Fsp3) is 0.297. The zero-order valence-electron chi connectivity index (χ0n) is 26.6. The van der Waals surface area contributed by atoms with Crippen LogP contribution in [-0.2, 0) is 28.0 Å². The Hall–Kier alpha value is -3.44. The SMILES string of the molecule is CC(C)(c1ccc(OC(CS)COC(=S)NCc2ccccc2)cc1)c1ccc(OC(CS)COC(=S)NCc2ccccc2)cc1. The van der Waals surface area contributed by atoms with Crippen molar-refractivity contribution in [1.29, 1.82) is 0 Å². The van der Waals surface area contributed by atoms with Crippen LogP contribution in [0.25, 0.3) is 0 Å². The predicted molar refractivity (Wildman–Crippen MR) is 205 cm³/mol. The maximum absolute atomic E-state index is 6.15. The van der Waals surface area contributed by atoms with E-state index in [9.17, 15) is 0 Å². The van der Waals surface area contributed by atoms with Gasteiger partial charge >= 0.3 is 0 Å². The summed E-state index contributed by atoms with van der Waals surface area (Å²) >= 11 is 19.6. The van der Waals surface area contributed by atoms with Crippen molar-refractivity contribution < 1.29 is 18.9 Å². The molecule has 6 nitrogen and oxygen atoms in total. The zero-order chi connectivity index (χ0) is 33.5. The Balaban J connectivity index is 1.24. The second kappa shape index (κ2) is 18.8. The fourth-order valence-electron chi connectivity index (χ4n) is 4.68. The van der Waals surface area contributed by atoms with Gasteiger partial charge in [-0.2, -0.15) is 25.3 Å². The van der Waals surface area contributed by atoms with Crippen LogP contribution in [-0.4, -0.2) is 47.3 Å². The lowest BCUT2D eigenvalue weighted by Crippen LogP contribution is -2.31. The minimum absolute atomic E-state index is 0.248. The van der Waals surface area contributed by atoms with Crippen LogP contribution in [0.15, 0.2) is 109 Å². The number of ether oxygens (including phenoxy) is 4. The Morgan fingerprint density at radius 2 is 0.957 bits per heavy atom. The summed E-state index contributed by atoms with van der Waals surface area (Å²) < 4.78 is 23.8. The number of thiocarbonyl (C=S) groups is 2. The van der Waals surface area contributed by atoms with E-state index < -0.39 is 0 Å². The smallest absolute Gasteiger partial charge is 0.257 e. The first kappa shape index (κ1) is 36.4. The molecule has 4 rings (SSSR count). The molecule has 2 atom stereocenters. The lowest BCUT2D eigenvalue weighted by atomic mass is 9.78. The standard InChI is InChI=1S/C37H42N2O4S4/c1-37(2,29-13-17-31(18-14-29)42-33(25-44)23-40-35(46)38-21-27-9-5-3-6-10-27)30-15-19-32(20-16-30)43-34(26-45)24-41-36(47)39-22-28-11-7-4-8-12-28/h3-20,33-34,44-45H,21-26H2,1-2H3,(H,38,46)(H,39,47). The Labute approximate surface area is 300 Å². The van der Waals surface area contributed by atoms with E-state index in [0.29, 0.717) is 48.2 Å². The van der Waals surface area contributed by atoms with Crippen molar-refractivity contribution in [3.63, 3.8) is 0 Å². The molecule has 0 radical (unpaired) electrons. The van der Waals surface area contributed by atoms with Gasteiger partial charge in [-0.05, 0) is 71.0 Å². The van der Waals surface area contributed by atoms with Gasteiger partial charge in [0.05, 0.1) is 0 Å². The molecule has 0 spiro atoms. The van der Waals surface area contributed by atoms with Crippen molar-refractivity contribution in [2.24, 2.45) is 0 Å². The number of benzene rings is 4. The number of thiol groups is 2. The van der Waals surface area contributed by atoms with E-state index in [2.05, 4.69) is 74.0 Å². The zero-order valence-corrected chi connectivity index (χ0v) is 30.1. The van der Waals surface area contributed by atoms with Gasteiger partial charge < -0.3 is 29.6 Å². The van der Waals surface area contributed by atoms with Gasteiger partial charge in [0.25, 0.3) is 10.3 Å². The molecule has 0 heterocycles. The quantitative estimate of drug-likeness (QED) is 0.0705. The number of hydrogen-bond donors (Lipinski definition) is 4. The lowest BCUT2D eigenvalue weighted by Gasteiger charge is -2.27. The number of nitrogens with one attached hydrogen (secondary N) is 2. The molecule has 4 aromatic carbocycles. The average Bonchev–Trinajstić information content (AvgIpc) is 3.11. The van der Waals surface area contributed by atoms with E-state index in [1.54, 1.807) is 0 Å². The van der Waals surface area contributed by atoms with E-state index in [-0.39, 0.29) is 17.6 Å². The van der Waals surface area contributed by atoms with Gasteiger partial charge in [0.15, 0.2) is 0 Å². The molecule has 0 fully saturated rings. The maximum atomic E-state index is 6.15. The molecule has 47 heavy (non-hydrogen) atoms. The molecule has 0 saturated heterocycles. The Morgan fingerprint density at radius 3 is 1.30 bits per heavy atom. The molecular formula is C37H42N2O4S4. The van der Waals surface area contributed by atoms with Gasteiger partial charge in [-0.15, -0.1) is 0 Å². The predicted octanol–water partition coefficient (Wildman–Crippen LogP) is 7.55. The van der Waals surface area contributed by atoms with Gasteiger partial charge in [-0.1, -0.05) is 98.8 Å². The van der Waals surface area contributed by atoms with Crippen molar-refractivity contribution in [2.45, 2.75) is 44.6 Å². The first-order valence-electron chi connectivity index (χ1n) is 15.4. The fourth-order valence-corrected chi connectivity index (χ4v) is 5.32. The van der Waals surface area contributed by atoms with Crippen LogP contribution in [0.2, 0.25) is 0 Å². The molecule has 4 aromatic rings. The first-order valence-corrected chi connectivity index (χ1v) is 17.5. The summed E-state index contributed by atoms with van der Waals surface area (Å²) in [7, 11) is 0. The molecule has 0 bridgehead atoms. The Morgan fingerprint density at radius 1 is 0.596 bits per heavy atom. The minimum atomic E-state index is -0.256. The van der Waals surface area contributed by atoms with Crippen LogP contribution in [0.5, 0.6) is 11.5 Å². The third-order valence-corrected chi connectivity index (χ3v) is 8.86. The third-order valence-electron chi connectivity index (χ3n) is 7.52. The van der Waals surface area contributed by atoms with Crippen molar-refractivity contribution in [3.8, 4) is 11.5 Å². The molecule has 248 valence electrons. The Kier molecular flexibility index (Phi) is 14.5. The second-order valence-corrected chi connectivity index (χ2v) is 12.9. The highest BCUT2D eigenvalue weighted by Crippen LogP contribution is 2.33. The van der Waals surface area contributed by atoms with Crippen LogP contribution in [0.3, 0.4) is 0 Å². The number of rotatable bonds is 16. The molecule has 10 heteroatoms. The highest BCUT2D eigenvalue weighted by molar-refractivity contribution is 7.80. The maximum Gasteiger partial charge on any atom is 0.257 e. The molecule has 2 unspecified atom stereocenters. The van der Waals surface area contributed by atoms with Crippen LogP contribution in [0, 0.1) is 0 Å². The van der Waals surface area contributed by atoms with Crippen molar-refractivity contribution in [2.75, 3.05) is 24.7 Å².